The second-order valence-electron chi connectivity index (χ2n) is 5.31. The van der Waals surface area contributed by atoms with Crippen molar-refractivity contribution in [3.8, 4) is 0 Å². The summed E-state index contributed by atoms with van der Waals surface area (Å²) in [6.45, 7) is 8.19. The fourth-order valence-electron chi connectivity index (χ4n) is 2.54. The third-order valence-corrected chi connectivity index (χ3v) is 3.61. The van der Waals surface area contributed by atoms with Crippen molar-refractivity contribution < 1.29 is 5.11 Å². The van der Waals surface area contributed by atoms with Gasteiger partial charge in [-0.1, -0.05) is 24.3 Å². The molecular weight excluding hydrogens is 234 g/mol. The summed E-state index contributed by atoms with van der Waals surface area (Å²) in [4.78, 5) is 4.38. The van der Waals surface area contributed by atoms with E-state index < -0.39 is 6.10 Å². The van der Waals surface area contributed by atoms with Crippen LogP contribution in [0.15, 0.2) is 30.5 Å². The van der Waals surface area contributed by atoms with Gasteiger partial charge in [-0.05, 0) is 55.5 Å². The Labute approximate surface area is 115 Å². The monoisotopic (exact) mass is 255 g/mol. The average molecular weight is 255 g/mol. The minimum atomic E-state index is -0.541. The van der Waals surface area contributed by atoms with Crippen molar-refractivity contribution in [3.05, 3.63) is 64.0 Å². The first-order chi connectivity index (χ1) is 8.99. The van der Waals surface area contributed by atoms with Crippen LogP contribution >= 0.6 is 0 Å². The van der Waals surface area contributed by atoms with Gasteiger partial charge >= 0.3 is 0 Å². The van der Waals surface area contributed by atoms with Crippen LogP contribution in [0.25, 0.3) is 0 Å². The maximum absolute atomic E-state index is 10.4. The molecule has 2 rings (SSSR count). The lowest BCUT2D eigenvalue weighted by atomic mass is 9.95. The van der Waals surface area contributed by atoms with Crippen LogP contribution in [0.4, 0.5) is 0 Å². The van der Waals surface area contributed by atoms with Gasteiger partial charge in [0.1, 0.15) is 6.10 Å². The Hall–Kier alpha value is -1.67. The molecule has 0 bridgehead atoms. The molecule has 1 aromatic carbocycles. The van der Waals surface area contributed by atoms with Crippen LogP contribution in [0.5, 0.6) is 0 Å². The van der Waals surface area contributed by atoms with E-state index >= 15 is 0 Å². The van der Waals surface area contributed by atoms with Crippen molar-refractivity contribution in [2.24, 2.45) is 0 Å². The summed E-state index contributed by atoms with van der Waals surface area (Å²) in [6, 6.07) is 8.29. The molecule has 0 spiro atoms. The van der Waals surface area contributed by atoms with Gasteiger partial charge in [0, 0.05) is 12.6 Å². The van der Waals surface area contributed by atoms with Crippen molar-refractivity contribution in [3.63, 3.8) is 0 Å². The van der Waals surface area contributed by atoms with Crippen LogP contribution in [-0.2, 0) is 6.42 Å². The molecule has 2 aromatic rings. The largest absolute Gasteiger partial charge is 0.386 e. The van der Waals surface area contributed by atoms with Crippen molar-refractivity contribution in [2.75, 3.05) is 0 Å². The molecule has 0 aliphatic carbocycles. The van der Waals surface area contributed by atoms with Crippen LogP contribution in [0, 0.1) is 27.7 Å². The molecule has 0 amide bonds. The lowest BCUT2D eigenvalue weighted by Gasteiger charge is -2.16. The summed E-state index contributed by atoms with van der Waals surface area (Å²) >= 11 is 0. The second kappa shape index (κ2) is 5.54. The molecule has 2 nitrogen and oxygen atoms in total. The number of aliphatic hydroxyl groups is 1. The van der Waals surface area contributed by atoms with Gasteiger partial charge in [0.2, 0.25) is 0 Å². The van der Waals surface area contributed by atoms with Crippen LogP contribution in [0.3, 0.4) is 0 Å². The molecule has 100 valence electrons. The van der Waals surface area contributed by atoms with E-state index in [0.29, 0.717) is 6.42 Å². The number of benzene rings is 1. The predicted molar refractivity (Wildman–Crippen MR) is 78.3 cm³/mol. The molecule has 0 saturated heterocycles. The zero-order chi connectivity index (χ0) is 14.0. The Kier molecular flexibility index (Phi) is 4.01. The van der Waals surface area contributed by atoms with Gasteiger partial charge in [-0.2, -0.15) is 0 Å². The second-order valence-corrected chi connectivity index (χ2v) is 5.31. The normalized spacial score (nSPS) is 12.5. The van der Waals surface area contributed by atoms with Crippen LogP contribution < -0.4 is 0 Å². The number of aromatic nitrogens is 1. The summed E-state index contributed by atoms with van der Waals surface area (Å²) in [6.07, 6.45) is 1.89. The highest BCUT2D eigenvalue weighted by atomic mass is 16.3. The van der Waals surface area contributed by atoms with E-state index in [1.54, 1.807) is 0 Å². The predicted octanol–water partition coefficient (Wildman–Crippen LogP) is 3.59. The summed E-state index contributed by atoms with van der Waals surface area (Å²) in [7, 11) is 0. The lowest BCUT2D eigenvalue weighted by molar-refractivity contribution is 0.172. The maximum Gasteiger partial charge on any atom is 0.100 e. The fourth-order valence-corrected chi connectivity index (χ4v) is 2.54. The van der Waals surface area contributed by atoms with E-state index in [0.717, 1.165) is 16.8 Å². The zero-order valence-electron chi connectivity index (χ0n) is 12.1. The van der Waals surface area contributed by atoms with Gasteiger partial charge in [0.25, 0.3) is 0 Å². The first kappa shape index (κ1) is 13.8. The molecule has 0 saturated carbocycles. The Morgan fingerprint density at radius 2 is 1.68 bits per heavy atom. The fraction of sp³-hybridized carbons (Fsp3) is 0.353. The Bertz CT molecular complexity index is 570. The SMILES string of the molecule is Cc1cnc(C(O)Cc2c(C)cccc2C)c(C)c1. The topological polar surface area (TPSA) is 33.1 Å². The maximum atomic E-state index is 10.4. The minimum Gasteiger partial charge on any atom is -0.386 e. The third-order valence-electron chi connectivity index (χ3n) is 3.61. The molecule has 1 atom stereocenters. The van der Waals surface area contributed by atoms with Gasteiger partial charge in [-0.25, -0.2) is 0 Å². The van der Waals surface area contributed by atoms with Gasteiger partial charge in [-0.15, -0.1) is 0 Å². The molecule has 0 fully saturated rings. The molecular formula is C17H21NO. The Balaban J connectivity index is 2.28. The van der Waals surface area contributed by atoms with Crippen molar-refractivity contribution in [2.45, 2.75) is 40.2 Å². The highest BCUT2D eigenvalue weighted by Crippen LogP contribution is 2.23. The molecule has 1 heterocycles. The Morgan fingerprint density at radius 1 is 1.05 bits per heavy atom. The molecule has 1 N–H and O–H groups in total. The number of pyridine rings is 1. The molecule has 19 heavy (non-hydrogen) atoms. The van der Waals surface area contributed by atoms with Gasteiger partial charge in [0.05, 0.1) is 5.69 Å². The van der Waals surface area contributed by atoms with Crippen LogP contribution in [0.2, 0.25) is 0 Å². The number of aliphatic hydroxyl groups excluding tert-OH is 1. The smallest absolute Gasteiger partial charge is 0.100 e. The standard InChI is InChI=1S/C17H21NO/c1-11-8-14(4)17(18-10-11)16(19)9-15-12(2)6-5-7-13(15)3/h5-8,10,16,19H,9H2,1-4H3. The number of rotatable bonds is 3. The van der Waals surface area contributed by atoms with E-state index in [2.05, 4.69) is 43.1 Å². The van der Waals surface area contributed by atoms with E-state index in [1.165, 1.54) is 16.7 Å². The van der Waals surface area contributed by atoms with Crippen molar-refractivity contribution in [1.82, 2.24) is 4.98 Å². The van der Waals surface area contributed by atoms with E-state index in [1.807, 2.05) is 20.0 Å². The summed E-state index contributed by atoms with van der Waals surface area (Å²) in [5.74, 6) is 0. The Morgan fingerprint density at radius 3 is 2.26 bits per heavy atom. The molecule has 2 heteroatoms. The lowest BCUT2D eigenvalue weighted by Crippen LogP contribution is -2.08. The highest BCUT2D eigenvalue weighted by Gasteiger charge is 2.15. The molecule has 1 unspecified atom stereocenters. The number of nitrogens with zero attached hydrogens (tertiary/aromatic N) is 1. The quantitative estimate of drug-likeness (QED) is 0.909. The molecule has 0 aliphatic heterocycles. The van der Waals surface area contributed by atoms with Gasteiger partial charge in [0.15, 0.2) is 0 Å². The number of hydrogen-bond acceptors (Lipinski definition) is 2. The molecule has 0 radical (unpaired) electrons. The van der Waals surface area contributed by atoms with Crippen LogP contribution in [-0.4, -0.2) is 10.1 Å². The average Bonchev–Trinajstić information content (AvgIpc) is 2.33. The third kappa shape index (κ3) is 3.02. The van der Waals surface area contributed by atoms with Gasteiger partial charge in [-0.3, -0.25) is 4.98 Å². The minimum absolute atomic E-state index is 0.541. The van der Waals surface area contributed by atoms with Gasteiger partial charge < -0.3 is 5.11 Å². The van der Waals surface area contributed by atoms with E-state index in [4.69, 9.17) is 0 Å². The van der Waals surface area contributed by atoms with E-state index in [-0.39, 0.29) is 0 Å². The number of hydrogen-bond donors (Lipinski definition) is 1. The zero-order valence-corrected chi connectivity index (χ0v) is 12.1. The molecule has 0 aliphatic rings. The first-order valence-corrected chi connectivity index (χ1v) is 6.65. The first-order valence-electron chi connectivity index (χ1n) is 6.65. The summed E-state index contributed by atoms with van der Waals surface area (Å²) < 4.78 is 0. The van der Waals surface area contributed by atoms with E-state index in [9.17, 15) is 5.11 Å². The summed E-state index contributed by atoms with van der Waals surface area (Å²) in [5.41, 5.74) is 6.64. The molecule has 1 aromatic heterocycles. The summed E-state index contributed by atoms with van der Waals surface area (Å²) in [5, 5.41) is 10.4. The number of aryl methyl sites for hydroxylation is 4. The van der Waals surface area contributed by atoms with Crippen molar-refractivity contribution in [1.29, 1.82) is 0 Å². The highest BCUT2D eigenvalue weighted by molar-refractivity contribution is 5.35. The van der Waals surface area contributed by atoms with Crippen molar-refractivity contribution >= 4 is 0 Å². The van der Waals surface area contributed by atoms with Crippen LogP contribution in [0.1, 0.15) is 39.6 Å².